The molecule has 2 amide bonds. The molecule has 1 aliphatic rings. The van der Waals surface area contributed by atoms with E-state index in [0.29, 0.717) is 41.3 Å². The summed E-state index contributed by atoms with van der Waals surface area (Å²) < 4.78 is 17.3. The van der Waals surface area contributed by atoms with E-state index in [2.05, 4.69) is 15.3 Å². The van der Waals surface area contributed by atoms with Crippen LogP contribution in [0.1, 0.15) is 19.4 Å². The van der Waals surface area contributed by atoms with Gasteiger partial charge in [0, 0.05) is 13.1 Å². The molecule has 10 heteroatoms. The van der Waals surface area contributed by atoms with Crippen molar-refractivity contribution in [2.75, 3.05) is 25.1 Å². The largest absolute Gasteiger partial charge is 0.492 e. The summed E-state index contributed by atoms with van der Waals surface area (Å²) in [5.74, 6) is 2.89. The zero-order valence-electron chi connectivity index (χ0n) is 20.1. The van der Waals surface area contributed by atoms with Crippen molar-refractivity contribution in [2.45, 2.75) is 20.0 Å². The van der Waals surface area contributed by atoms with Crippen molar-refractivity contribution >= 4 is 34.8 Å². The van der Waals surface area contributed by atoms with Crippen LogP contribution in [0.2, 0.25) is 0 Å². The second-order valence-electron chi connectivity index (χ2n) is 8.15. The van der Waals surface area contributed by atoms with Crippen molar-refractivity contribution in [1.29, 1.82) is 0 Å². The van der Waals surface area contributed by atoms with Crippen molar-refractivity contribution in [3.63, 3.8) is 0 Å². The molecule has 1 aromatic heterocycles. The summed E-state index contributed by atoms with van der Waals surface area (Å²) in [4.78, 5) is 33.8. The van der Waals surface area contributed by atoms with Crippen molar-refractivity contribution in [2.24, 2.45) is 0 Å². The lowest BCUT2D eigenvalue weighted by Crippen LogP contribution is -2.24. The molecule has 0 atom stereocenters. The Hall–Kier alpha value is -4.05. The number of rotatable bonds is 10. The summed E-state index contributed by atoms with van der Waals surface area (Å²) in [5, 5.41) is 1.88. The van der Waals surface area contributed by atoms with Crippen LogP contribution in [-0.2, 0) is 4.79 Å². The van der Waals surface area contributed by atoms with Crippen LogP contribution >= 0.6 is 11.8 Å². The molecule has 1 N–H and O–H groups in total. The summed E-state index contributed by atoms with van der Waals surface area (Å²) in [6, 6.07) is 16.4. The molecule has 1 saturated heterocycles. The smallest absolute Gasteiger partial charge is 0.290 e. The van der Waals surface area contributed by atoms with E-state index < -0.39 is 0 Å². The molecule has 2 aromatic carbocycles. The van der Waals surface area contributed by atoms with Crippen LogP contribution < -0.4 is 24.4 Å². The average molecular weight is 507 g/mol. The highest BCUT2D eigenvalue weighted by molar-refractivity contribution is 8.18. The lowest BCUT2D eigenvalue weighted by Gasteiger charge is -2.18. The number of hydrogen-bond donors (Lipinski definition) is 1. The van der Waals surface area contributed by atoms with Gasteiger partial charge in [0.05, 0.1) is 17.6 Å². The molecule has 0 unspecified atom stereocenters. The SMILES string of the molecule is CC(C)Oc1ccc(Oc2cc(N(C)CCOc3ccc(/C=C4\SC(=O)NC4=O)cc3)ncn2)cc1. The number of nitrogens with one attached hydrogen (secondary N) is 1. The number of carbonyl (C=O) groups excluding carboxylic acids is 2. The molecule has 3 aromatic rings. The summed E-state index contributed by atoms with van der Waals surface area (Å²) in [5.41, 5.74) is 0.808. The van der Waals surface area contributed by atoms with E-state index in [1.54, 1.807) is 12.1 Å². The van der Waals surface area contributed by atoms with E-state index in [0.717, 1.165) is 23.1 Å². The van der Waals surface area contributed by atoms with Crippen LogP contribution in [0.4, 0.5) is 10.6 Å². The van der Waals surface area contributed by atoms with E-state index in [9.17, 15) is 9.59 Å². The molecule has 0 saturated carbocycles. The van der Waals surface area contributed by atoms with Gasteiger partial charge in [-0.25, -0.2) is 9.97 Å². The topological polar surface area (TPSA) is 103 Å². The molecule has 0 bridgehead atoms. The third-order valence-electron chi connectivity index (χ3n) is 4.95. The second kappa shape index (κ2) is 11.6. The number of nitrogens with zero attached hydrogens (tertiary/aromatic N) is 3. The Balaban J connectivity index is 1.27. The quantitative estimate of drug-likeness (QED) is 0.385. The third-order valence-corrected chi connectivity index (χ3v) is 5.76. The van der Waals surface area contributed by atoms with Crippen molar-refractivity contribution in [3.8, 4) is 23.1 Å². The highest BCUT2D eigenvalue weighted by Gasteiger charge is 2.24. The maximum Gasteiger partial charge on any atom is 0.290 e. The first-order valence-corrected chi connectivity index (χ1v) is 12.1. The number of anilines is 1. The van der Waals surface area contributed by atoms with Gasteiger partial charge in [0.15, 0.2) is 0 Å². The van der Waals surface area contributed by atoms with Gasteiger partial charge in [-0.05, 0) is 73.6 Å². The number of thioether (sulfide) groups is 1. The fourth-order valence-electron chi connectivity index (χ4n) is 3.22. The summed E-state index contributed by atoms with van der Waals surface area (Å²) in [6.07, 6.45) is 3.24. The molecule has 4 rings (SSSR count). The second-order valence-corrected chi connectivity index (χ2v) is 9.16. The van der Waals surface area contributed by atoms with Crippen LogP contribution in [0.3, 0.4) is 0 Å². The maximum atomic E-state index is 11.7. The van der Waals surface area contributed by atoms with Gasteiger partial charge in [0.2, 0.25) is 5.88 Å². The molecule has 2 heterocycles. The fraction of sp³-hybridized carbons (Fsp3) is 0.231. The van der Waals surface area contributed by atoms with Crippen LogP contribution in [0, 0.1) is 0 Å². The van der Waals surface area contributed by atoms with Gasteiger partial charge in [-0.1, -0.05) is 12.1 Å². The molecule has 1 fully saturated rings. The highest BCUT2D eigenvalue weighted by Crippen LogP contribution is 2.27. The first-order valence-electron chi connectivity index (χ1n) is 11.3. The minimum Gasteiger partial charge on any atom is -0.492 e. The fourth-order valence-corrected chi connectivity index (χ4v) is 3.90. The number of benzene rings is 2. The minimum absolute atomic E-state index is 0.108. The summed E-state index contributed by atoms with van der Waals surface area (Å²) in [6.45, 7) is 4.97. The molecule has 0 aliphatic carbocycles. The number of hydrogen-bond acceptors (Lipinski definition) is 9. The monoisotopic (exact) mass is 506 g/mol. The zero-order valence-corrected chi connectivity index (χ0v) is 21.0. The zero-order chi connectivity index (χ0) is 25.5. The molecule has 0 radical (unpaired) electrons. The Bertz CT molecular complexity index is 1250. The molecule has 9 nitrogen and oxygen atoms in total. The third kappa shape index (κ3) is 6.98. The maximum absolute atomic E-state index is 11.7. The Kier molecular flexibility index (Phi) is 8.06. The Labute approximate surface area is 213 Å². The predicted octanol–water partition coefficient (Wildman–Crippen LogP) is 4.90. The van der Waals surface area contributed by atoms with E-state index in [1.165, 1.54) is 6.33 Å². The van der Waals surface area contributed by atoms with Crippen LogP contribution in [0.25, 0.3) is 6.08 Å². The van der Waals surface area contributed by atoms with Gasteiger partial charge < -0.3 is 19.1 Å². The Morgan fingerprint density at radius 2 is 1.69 bits per heavy atom. The van der Waals surface area contributed by atoms with Crippen molar-refractivity contribution in [3.05, 3.63) is 71.4 Å². The minimum atomic E-state index is -0.374. The van der Waals surface area contributed by atoms with E-state index in [-0.39, 0.29) is 17.3 Å². The van der Waals surface area contributed by atoms with Gasteiger partial charge in [0.1, 0.15) is 36.0 Å². The molecule has 0 spiro atoms. The molecule has 186 valence electrons. The van der Waals surface area contributed by atoms with Crippen molar-refractivity contribution < 1.29 is 23.8 Å². The van der Waals surface area contributed by atoms with Crippen LogP contribution in [0.15, 0.2) is 65.8 Å². The van der Waals surface area contributed by atoms with Crippen LogP contribution in [-0.4, -0.2) is 47.4 Å². The van der Waals surface area contributed by atoms with Gasteiger partial charge >= 0.3 is 0 Å². The van der Waals surface area contributed by atoms with E-state index in [4.69, 9.17) is 14.2 Å². The lowest BCUT2D eigenvalue weighted by atomic mass is 10.2. The first-order chi connectivity index (χ1) is 17.4. The average Bonchev–Trinajstić information content (AvgIpc) is 3.17. The molecular formula is C26H26N4O5S. The lowest BCUT2D eigenvalue weighted by molar-refractivity contribution is -0.115. The predicted molar refractivity (Wildman–Crippen MR) is 139 cm³/mol. The van der Waals surface area contributed by atoms with E-state index >= 15 is 0 Å². The van der Waals surface area contributed by atoms with Gasteiger partial charge in [0.25, 0.3) is 11.1 Å². The molecule has 1 aliphatic heterocycles. The molecular weight excluding hydrogens is 480 g/mol. The van der Waals surface area contributed by atoms with Crippen molar-refractivity contribution in [1.82, 2.24) is 15.3 Å². The van der Waals surface area contributed by atoms with Crippen LogP contribution in [0.5, 0.6) is 23.1 Å². The number of imide groups is 1. The first kappa shape index (κ1) is 25.1. The summed E-state index contributed by atoms with van der Waals surface area (Å²) >= 11 is 0.892. The number of amides is 2. The molecule has 36 heavy (non-hydrogen) atoms. The number of carbonyl (C=O) groups is 2. The standard InChI is InChI=1S/C26H26N4O5S/c1-17(2)34-20-8-10-21(11-9-20)35-24-15-23(27-16-28-24)30(3)12-13-33-19-6-4-18(5-7-19)14-22-25(31)29-26(32)36-22/h4-11,14-17H,12-13H2,1-3H3,(H,29,31,32)/b22-14-. The Morgan fingerprint density at radius 1 is 1.00 bits per heavy atom. The Morgan fingerprint density at radius 3 is 2.36 bits per heavy atom. The summed E-state index contributed by atoms with van der Waals surface area (Å²) in [7, 11) is 1.91. The number of aromatic nitrogens is 2. The highest BCUT2D eigenvalue weighted by atomic mass is 32.2. The number of likely N-dealkylation sites (N-methyl/N-ethyl adjacent to an activating group) is 1. The van der Waals surface area contributed by atoms with Gasteiger partial charge in [-0.15, -0.1) is 0 Å². The van der Waals surface area contributed by atoms with Gasteiger partial charge in [-0.3, -0.25) is 14.9 Å². The number of ether oxygens (including phenoxy) is 3. The van der Waals surface area contributed by atoms with Gasteiger partial charge in [-0.2, -0.15) is 0 Å². The normalized spacial score (nSPS) is 14.2. The van der Waals surface area contributed by atoms with E-state index in [1.807, 2.05) is 74.3 Å².